The zero-order chi connectivity index (χ0) is 12.6. The van der Waals surface area contributed by atoms with Crippen molar-refractivity contribution in [3.05, 3.63) is 45.4 Å². The summed E-state index contributed by atoms with van der Waals surface area (Å²) in [6, 6.07) is 4.38. The molecule has 1 aromatic carbocycles. The van der Waals surface area contributed by atoms with Gasteiger partial charge in [-0.15, -0.1) is 11.6 Å². The molecule has 0 aliphatic heterocycles. The monoisotopic (exact) mass is 292 g/mol. The predicted molar refractivity (Wildman–Crippen MR) is 67.8 cm³/mol. The van der Waals surface area contributed by atoms with E-state index in [-0.39, 0.29) is 10.9 Å². The highest BCUT2D eigenvalue weighted by atomic mass is 35.5. The highest BCUT2D eigenvalue weighted by molar-refractivity contribution is 6.32. The van der Waals surface area contributed by atoms with Crippen molar-refractivity contribution in [3.63, 3.8) is 0 Å². The first-order valence-electron chi connectivity index (χ1n) is 4.80. The van der Waals surface area contributed by atoms with Gasteiger partial charge in [-0.25, -0.2) is 9.07 Å². The van der Waals surface area contributed by atoms with E-state index >= 15 is 0 Å². The standard InChI is InChI=1S/C11H8Cl3FN2/c1-6-8(5-12)11(14)17(16-6)7-2-3-9(13)10(15)4-7/h2-4H,5H2,1H3. The van der Waals surface area contributed by atoms with Gasteiger partial charge in [0.25, 0.3) is 0 Å². The number of hydrogen-bond donors (Lipinski definition) is 0. The normalized spacial score (nSPS) is 10.9. The maximum Gasteiger partial charge on any atom is 0.143 e. The lowest BCUT2D eigenvalue weighted by atomic mass is 10.3. The molecule has 0 aliphatic rings. The fraction of sp³-hybridized carbons (Fsp3) is 0.182. The molecule has 2 rings (SSSR count). The van der Waals surface area contributed by atoms with Crippen molar-refractivity contribution >= 4 is 34.8 Å². The minimum absolute atomic E-state index is 0.0614. The predicted octanol–water partition coefficient (Wildman–Crippen LogP) is 4.37. The van der Waals surface area contributed by atoms with Crippen molar-refractivity contribution in [2.45, 2.75) is 12.8 Å². The Bertz CT molecular complexity index is 566. The molecule has 2 aromatic rings. The van der Waals surface area contributed by atoms with E-state index in [0.717, 1.165) is 11.3 Å². The average molecular weight is 294 g/mol. The molecule has 2 nitrogen and oxygen atoms in total. The summed E-state index contributed by atoms with van der Waals surface area (Å²) < 4.78 is 14.8. The molecule has 1 heterocycles. The summed E-state index contributed by atoms with van der Waals surface area (Å²) in [4.78, 5) is 0. The Hall–Kier alpha value is -0.770. The molecule has 0 fully saturated rings. The van der Waals surface area contributed by atoms with Gasteiger partial charge < -0.3 is 0 Å². The third kappa shape index (κ3) is 2.28. The van der Waals surface area contributed by atoms with Crippen LogP contribution in [0.1, 0.15) is 11.3 Å². The van der Waals surface area contributed by atoms with Crippen LogP contribution in [0, 0.1) is 12.7 Å². The van der Waals surface area contributed by atoms with Gasteiger partial charge in [-0.3, -0.25) is 0 Å². The van der Waals surface area contributed by atoms with Gasteiger partial charge in [-0.1, -0.05) is 23.2 Å². The van der Waals surface area contributed by atoms with Crippen molar-refractivity contribution in [3.8, 4) is 5.69 Å². The Labute approximate surface area is 113 Å². The molecule has 0 amide bonds. The smallest absolute Gasteiger partial charge is 0.143 e. The molecule has 0 saturated carbocycles. The lowest BCUT2D eigenvalue weighted by Gasteiger charge is -2.04. The van der Waals surface area contributed by atoms with E-state index in [1.165, 1.54) is 16.8 Å². The number of hydrogen-bond acceptors (Lipinski definition) is 1. The van der Waals surface area contributed by atoms with Gasteiger partial charge in [0.05, 0.1) is 22.3 Å². The first kappa shape index (κ1) is 12.7. The zero-order valence-electron chi connectivity index (χ0n) is 8.85. The Balaban J connectivity index is 2.57. The summed E-state index contributed by atoms with van der Waals surface area (Å²) >= 11 is 17.5. The third-order valence-corrected chi connectivity index (χ3v) is 3.37. The average Bonchev–Trinajstić information content (AvgIpc) is 2.58. The Kier molecular flexibility index (Phi) is 3.61. The first-order valence-corrected chi connectivity index (χ1v) is 6.09. The Morgan fingerprint density at radius 2 is 2.06 bits per heavy atom. The summed E-state index contributed by atoms with van der Waals surface area (Å²) in [6.07, 6.45) is 0. The van der Waals surface area contributed by atoms with E-state index in [1.807, 2.05) is 0 Å². The number of benzene rings is 1. The van der Waals surface area contributed by atoms with E-state index in [2.05, 4.69) is 5.10 Å². The van der Waals surface area contributed by atoms with Crippen LogP contribution in [0.15, 0.2) is 18.2 Å². The second-order valence-electron chi connectivity index (χ2n) is 3.50. The molecule has 0 spiro atoms. The SMILES string of the molecule is Cc1nn(-c2ccc(Cl)c(F)c2)c(Cl)c1CCl. The Morgan fingerprint density at radius 1 is 1.35 bits per heavy atom. The fourth-order valence-electron chi connectivity index (χ4n) is 1.47. The van der Waals surface area contributed by atoms with Crippen LogP contribution in [0.4, 0.5) is 4.39 Å². The largest absolute Gasteiger partial charge is 0.222 e. The van der Waals surface area contributed by atoms with Crippen molar-refractivity contribution in [1.29, 1.82) is 0 Å². The fourth-order valence-corrected chi connectivity index (χ4v) is 2.32. The van der Waals surface area contributed by atoms with Crippen LogP contribution in [-0.4, -0.2) is 9.78 Å². The summed E-state index contributed by atoms with van der Waals surface area (Å²) in [5.41, 5.74) is 1.97. The molecular weight excluding hydrogens is 285 g/mol. The highest BCUT2D eigenvalue weighted by Gasteiger charge is 2.14. The molecule has 0 saturated heterocycles. The van der Waals surface area contributed by atoms with Crippen molar-refractivity contribution in [1.82, 2.24) is 9.78 Å². The van der Waals surface area contributed by atoms with Crippen molar-refractivity contribution in [2.75, 3.05) is 0 Å². The molecule has 0 aliphatic carbocycles. The van der Waals surface area contributed by atoms with Gasteiger partial charge in [0, 0.05) is 11.6 Å². The molecule has 1 aromatic heterocycles. The van der Waals surface area contributed by atoms with Gasteiger partial charge in [-0.2, -0.15) is 5.10 Å². The molecule has 0 radical (unpaired) electrons. The van der Waals surface area contributed by atoms with Gasteiger partial charge in [0.1, 0.15) is 11.0 Å². The highest BCUT2D eigenvalue weighted by Crippen LogP contribution is 2.26. The van der Waals surface area contributed by atoms with Gasteiger partial charge >= 0.3 is 0 Å². The quantitative estimate of drug-likeness (QED) is 0.752. The molecular formula is C11H8Cl3FN2. The molecule has 0 unspecified atom stereocenters. The Morgan fingerprint density at radius 3 is 2.59 bits per heavy atom. The molecule has 0 N–H and O–H groups in total. The minimum Gasteiger partial charge on any atom is -0.222 e. The number of halogens is 4. The van der Waals surface area contributed by atoms with Crippen LogP contribution in [0.25, 0.3) is 5.69 Å². The van der Waals surface area contributed by atoms with Crippen LogP contribution in [0.2, 0.25) is 10.2 Å². The second kappa shape index (κ2) is 4.84. The van der Waals surface area contributed by atoms with E-state index in [9.17, 15) is 4.39 Å². The second-order valence-corrected chi connectivity index (χ2v) is 4.53. The van der Waals surface area contributed by atoms with Crippen molar-refractivity contribution in [2.24, 2.45) is 0 Å². The van der Waals surface area contributed by atoms with Crippen LogP contribution < -0.4 is 0 Å². The summed E-state index contributed by atoms with van der Waals surface area (Å²) in [5.74, 6) is -0.249. The van der Waals surface area contributed by atoms with Crippen LogP contribution >= 0.6 is 34.8 Å². The summed E-state index contributed by atoms with van der Waals surface area (Å²) in [5, 5.41) is 4.66. The molecule has 90 valence electrons. The lowest BCUT2D eigenvalue weighted by Crippen LogP contribution is -1.97. The van der Waals surface area contributed by atoms with Crippen LogP contribution in [0.3, 0.4) is 0 Å². The van der Waals surface area contributed by atoms with E-state index < -0.39 is 5.82 Å². The van der Waals surface area contributed by atoms with Crippen LogP contribution in [-0.2, 0) is 5.88 Å². The van der Waals surface area contributed by atoms with E-state index in [0.29, 0.717) is 10.8 Å². The summed E-state index contributed by atoms with van der Waals surface area (Å²) in [7, 11) is 0. The maximum atomic E-state index is 13.3. The van der Waals surface area contributed by atoms with Crippen molar-refractivity contribution < 1.29 is 4.39 Å². The molecule has 0 bridgehead atoms. The number of aromatic nitrogens is 2. The molecule has 6 heteroatoms. The van der Waals surface area contributed by atoms with Gasteiger partial charge in [0.15, 0.2) is 0 Å². The summed E-state index contributed by atoms with van der Waals surface area (Å²) in [6.45, 7) is 1.80. The van der Waals surface area contributed by atoms with E-state index in [4.69, 9.17) is 34.8 Å². The van der Waals surface area contributed by atoms with Gasteiger partial charge in [-0.05, 0) is 19.1 Å². The number of rotatable bonds is 2. The third-order valence-electron chi connectivity index (χ3n) is 2.40. The number of aryl methyl sites for hydroxylation is 1. The first-order chi connectivity index (χ1) is 8.04. The lowest BCUT2D eigenvalue weighted by molar-refractivity contribution is 0.626. The molecule has 17 heavy (non-hydrogen) atoms. The maximum absolute atomic E-state index is 13.3. The number of alkyl halides is 1. The zero-order valence-corrected chi connectivity index (χ0v) is 11.1. The van der Waals surface area contributed by atoms with Gasteiger partial charge in [0.2, 0.25) is 0 Å². The van der Waals surface area contributed by atoms with E-state index in [1.54, 1.807) is 13.0 Å². The molecule has 0 atom stereocenters. The topological polar surface area (TPSA) is 17.8 Å². The minimum atomic E-state index is -0.513. The number of nitrogens with zero attached hydrogens (tertiary/aromatic N) is 2. The van der Waals surface area contributed by atoms with Crippen LogP contribution in [0.5, 0.6) is 0 Å².